The van der Waals surface area contributed by atoms with Crippen LogP contribution in [0, 0.1) is 6.92 Å². The number of likely N-dealkylation sites (tertiary alicyclic amines) is 1. The number of rotatable bonds is 3. The van der Waals surface area contributed by atoms with Crippen LogP contribution in [0.15, 0.2) is 30.5 Å². The predicted molar refractivity (Wildman–Crippen MR) is 105 cm³/mol. The molecule has 0 saturated carbocycles. The molecule has 2 aromatic heterocycles. The Balaban J connectivity index is 1.27. The van der Waals surface area contributed by atoms with Gasteiger partial charge in [0.05, 0.1) is 12.1 Å². The summed E-state index contributed by atoms with van der Waals surface area (Å²) in [4.78, 5) is 7.08. The molecular weight excluding hydrogens is 336 g/mol. The topological polar surface area (TPSA) is 58.9 Å². The van der Waals surface area contributed by atoms with Gasteiger partial charge in [-0.25, -0.2) is 0 Å². The van der Waals surface area contributed by atoms with Crippen molar-refractivity contribution in [1.29, 1.82) is 0 Å². The second kappa shape index (κ2) is 7.02. The minimum atomic E-state index is 0.545. The molecule has 0 unspecified atom stereocenters. The summed E-state index contributed by atoms with van der Waals surface area (Å²) in [5.74, 6) is 2.85. The van der Waals surface area contributed by atoms with Crippen molar-refractivity contribution in [3.8, 4) is 0 Å². The lowest BCUT2D eigenvalue weighted by Gasteiger charge is -2.32. The van der Waals surface area contributed by atoms with E-state index in [-0.39, 0.29) is 0 Å². The van der Waals surface area contributed by atoms with Crippen molar-refractivity contribution in [2.24, 2.45) is 0 Å². The van der Waals surface area contributed by atoms with Gasteiger partial charge in [-0.15, -0.1) is 10.2 Å². The molecule has 0 amide bonds. The lowest BCUT2D eigenvalue weighted by Crippen LogP contribution is -2.34. The van der Waals surface area contributed by atoms with Crippen molar-refractivity contribution in [3.63, 3.8) is 0 Å². The van der Waals surface area contributed by atoms with Gasteiger partial charge in [0, 0.05) is 37.1 Å². The summed E-state index contributed by atoms with van der Waals surface area (Å²) in [6, 6.07) is 8.77. The molecule has 1 aromatic carbocycles. The molecule has 4 heterocycles. The monoisotopic (exact) mass is 362 g/mol. The Bertz CT molecular complexity index is 954. The number of hydrogen-bond acceptors (Lipinski definition) is 5. The van der Waals surface area contributed by atoms with Crippen LogP contribution in [0.25, 0.3) is 10.9 Å². The first-order valence-corrected chi connectivity index (χ1v) is 9.97. The average Bonchev–Trinajstić information content (AvgIpc) is 3.13. The van der Waals surface area contributed by atoms with E-state index in [2.05, 4.69) is 55.1 Å². The van der Waals surface area contributed by atoms with Crippen molar-refractivity contribution >= 4 is 10.9 Å². The van der Waals surface area contributed by atoms with Crippen LogP contribution in [0.2, 0.25) is 0 Å². The Morgan fingerprint density at radius 3 is 2.93 bits per heavy atom. The highest BCUT2D eigenvalue weighted by molar-refractivity contribution is 5.82. The normalized spacial score (nSPS) is 18.7. The number of benzene rings is 1. The van der Waals surface area contributed by atoms with Crippen LogP contribution in [-0.4, -0.2) is 44.3 Å². The maximum atomic E-state index is 4.52. The third kappa shape index (κ3) is 3.24. The summed E-state index contributed by atoms with van der Waals surface area (Å²) in [7, 11) is 0. The molecule has 1 N–H and O–H groups in total. The van der Waals surface area contributed by atoms with E-state index >= 15 is 0 Å². The molecule has 0 radical (unpaired) electrons. The van der Waals surface area contributed by atoms with Gasteiger partial charge in [-0.3, -0.25) is 9.88 Å². The van der Waals surface area contributed by atoms with Crippen molar-refractivity contribution in [1.82, 2.24) is 30.0 Å². The standard InChI is InChI=1S/C21H26N6/c1-15-11-16(12-18-3-2-6-23-20(15)18)14-26-8-4-17(5-9-26)21-25-24-19-13-22-7-10-27(19)21/h2-3,6,11-12,17,22H,4-5,7-10,13-14H2,1H3. The van der Waals surface area contributed by atoms with Gasteiger partial charge in [0.1, 0.15) is 11.6 Å². The molecule has 2 aliphatic heterocycles. The van der Waals surface area contributed by atoms with E-state index < -0.39 is 0 Å². The maximum absolute atomic E-state index is 4.52. The molecule has 0 atom stereocenters. The molecule has 1 fully saturated rings. The fourth-order valence-electron chi connectivity index (χ4n) is 4.57. The highest BCUT2D eigenvalue weighted by Crippen LogP contribution is 2.29. The molecule has 6 heteroatoms. The van der Waals surface area contributed by atoms with Gasteiger partial charge in [-0.2, -0.15) is 0 Å². The number of nitrogens with zero attached hydrogens (tertiary/aromatic N) is 5. The lowest BCUT2D eigenvalue weighted by atomic mass is 9.95. The number of pyridine rings is 1. The second-order valence-electron chi connectivity index (χ2n) is 7.84. The van der Waals surface area contributed by atoms with Gasteiger partial charge in [0.2, 0.25) is 0 Å². The molecule has 27 heavy (non-hydrogen) atoms. The van der Waals surface area contributed by atoms with Crippen LogP contribution in [0.3, 0.4) is 0 Å². The average molecular weight is 362 g/mol. The first-order valence-electron chi connectivity index (χ1n) is 9.97. The minimum Gasteiger partial charge on any atom is -0.312 e. The molecule has 0 spiro atoms. The maximum Gasteiger partial charge on any atom is 0.147 e. The molecule has 0 bridgehead atoms. The Labute approximate surface area is 159 Å². The first-order chi connectivity index (χ1) is 13.3. The molecule has 0 aliphatic carbocycles. The number of aromatic nitrogens is 4. The van der Waals surface area contributed by atoms with E-state index in [1.165, 1.54) is 35.2 Å². The van der Waals surface area contributed by atoms with E-state index in [1.54, 1.807) is 0 Å². The van der Waals surface area contributed by atoms with E-state index in [4.69, 9.17) is 0 Å². The van der Waals surface area contributed by atoms with Crippen molar-refractivity contribution in [2.45, 2.75) is 45.3 Å². The zero-order valence-electron chi connectivity index (χ0n) is 15.9. The van der Waals surface area contributed by atoms with Crippen LogP contribution in [0.5, 0.6) is 0 Å². The summed E-state index contributed by atoms with van der Waals surface area (Å²) in [5.41, 5.74) is 3.77. The molecular formula is C21H26N6. The van der Waals surface area contributed by atoms with Crippen LogP contribution in [-0.2, 0) is 19.6 Å². The summed E-state index contributed by atoms with van der Waals surface area (Å²) in [6.07, 6.45) is 4.21. The molecule has 2 aliphatic rings. The third-order valence-electron chi connectivity index (χ3n) is 5.97. The Kier molecular flexibility index (Phi) is 4.38. The van der Waals surface area contributed by atoms with Gasteiger partial charge in [0.25, 0.3) is 0 Å². The fourth-order valence-corrected chi connectivity index (χ4v) is 4.57. The Morgan fingerprint density at radius 2 is 2.04 bits per heavy atom. The van der Waals surface area contributed by atoms with Crippen LogP contribution in [0.4, 0.5) is 0 Å². The second-order valence-corrected chi connectivity index (χ2v) is 7.84. The van der Waals surface area contributed by atoms with Crippen molar-refractivity contribution in [2.75, 3.05) is 19.6 Å². The summed E-state index contributed by atoms with van der Waals surface area (Å²) in [5, 5.41) is 13.5. The highest BCUT2D eigenvalue weighted by atomic mass is 15.3. The van der Waals surface area contributed by atoms with E-state index in [9.17, 15) is 0 Å². The van der Waals surface area contributed by atoms with Crippen LogP contribution >= 0.6 is 0 Å². The summed E-state index contributed by atoms with van der Waals surface area (Å²) < 4.78 is 2.34. The lowest BCUT2D eigenvalue weighted by molar-refractivity contribution is 0.199. The predicted octanol–water partition coefficient (Wildman–Crippen LogP) is 2.62. The van der Waals surface area contributed by atoms with Gasteiger partial charge in [0.15, 0.2) is 0 Å². The largest absolute Gasteiger partial charge is 0.312 e. The van der Waals surface area contributed by atoms with Crippen LogP contribution < -0.4 is 5.32 Å². The van der Waals surface area contributed by atoms with E-state index in [1.807, 2.05) is 12.3 Å². The van der Waals surface area contributed by atoms with Crippen molar-refractivity contribution in [3.05, 3.63) is 53.2 Å². The van der Waals surface area contributed by atoms with Crippen molar-refractivity contribution < 1.29 is 0 Å². The number of nitrogens with one attached hydrogen (secondary N) is 1. The molecule has 3 aromatic rings. The van der Waals surface area contributed by atoms with Gasteiger partial charge in [-0.1, -0.05) is 12.1 Å². The Morgan fingerprint density at radius 1 is 1.15 bits per heavy atom. The molecule has 5 rings (SSSR count). The smallest absolute Gasteiger partial charge is 0.147 e. The first kappa shape index (κ1) is 16.8. The minimum absolute atomic E-state index is 0.545. The SMILES string of the molecule is Cc1cc(CN2CCC(c3nnc4n3CCNC4)CC2)cc2cccnc12. The number of hydrogen-bond donors (Lipinski definition) is 1. The summed E-state index contributed by atoms with van der Waals surface area (Å²) >= 11 is 0. The molecule has 6 nitrogen and oxygen atoms in total. The zero-order valence-corrected chi connectivity index (χ0v) is 15.9. The molecule has 140 valence electrons. The zero-order chi connectivity index (χ0) is 18.2. The number of aryl methyl sites for hydroxylation is 1. The fraction of sp³-hybridized carbons (Fsp3) is 0.476. The number of fused-ring (bicyclic) bond motifs is 2. The van der Waals surface area contributed by atoms with E-state index in [0.717, 1.165) is 50.6 Å². The van der Waals surface area contributed by atoms with Crippen LogP contribution in [0.1, 0.15) is 41.5 Å². The van der Waals surface area contributed by atoms with Gasteiger partial charge >= 0.3 is 0 Å². The van der Waals surface area contributed by atoms with E-state index in [0.29, 0.717) is 5.92 Å². The van der Waals surface area contributed by atoms with Gasteiger partial charge < -0.3 is 9.88 Å². The van der Waals surface area contributed by atoms with Gasteiger partial charge in [-0.05, 0) is 56.1 Å². The Hall–Kier alpha value is -2.31. The third-order valence-corrected chi connectivity index (χ3v) is 5.97. The summed E-state index contributed by atoms with van der Waals surface area (Å²) in [6.45, 7) is 8.29. The highest BCUT2D eigenvalue weighted by Gasteiger charge is 2.27. The quantitative estimate of drug-likeness (QED) is 0.776. The number of piperidine rings is 1. The molecule has 1 saturated heterocycles.